The van der Waals surface area contributed by atoms with E-state index in [4.69, 9.17) is 10.5 Å². The van der Waals surface area contributed by atoms with E-state index in [0.717, 1.165) is 24.3 Å². The zero-order valence-corrected chi connectivity index (χ0v) is 19.1. The summed E-state index contributed by atoms with van der Waals surface area (Å²) in [4.78, 5) is 25.8. The lowest BCUT2D eigenvalue weighted by atomic mass is 9.97. The van der Waals surface area contributed by atoms with Crippen LogP contribution in [-0.2, 0) is 4.74 Å². The van der Waals surface area contributed by atoms with Crippen molar-refractivity contribution in [3.05, 3.63) is 65.7 Å². The third-order valence-electron chi connectivity index (χ3n) is 6.30. The average Bonchev–Trinajstić information content (AvgIpc) is 3.29. The first-order chi connectivity index (χ1) is 17.3. The summed E-state index contributed by atoms with van der Waals surface area (Å²) in [5, 5.41) is 10.5. The lowest BCUT2D eigenvalue weighted by Gasteiger charge is -2.37. The number of halogens is 3. The number of piperidine rings is 1. The Morgan fingerprint density at radius 1 is 1.14 bits per heavy atom. The zero-order chi connectivity index (χ0) is 25.6. The molecule has 2 aromatic heterocycles. The molecular formula is C25H22F3N5O3. The van der Waals surface area contributed by atoms with E-state index in [1.165, 1.54) is 25.6 Å². The molecular weight excluding hydrogens is 475 g/mol. The Labute approximate surface area is 203 Å². The minimum absolute atomic E-state index is 0.0267. The van der Waals surface area contributed by atoms with E-state index in [0.29, 0.717) is 24.2 Å². The molecule has 5 rings (SSSR count). The number of nitrogens with two attached hydrogens (primary N) is 1. The molecule has 11 heteroatoms. The summed E-state index contributed by atoms with van der Waals surface area (Å²) in [6.07, 6.45) is 2.47. The summed E-state index contributed by atoms with van der Waals surface area (Å²) in [5.74, 6) is -2.51. The maximum Gasteiger partial charge on any atom is 0.340 e. The van der Waals surface area contributed by atoms with Crippen molar-refractivity contribution >= 4 is 22.7 Å². The third-order valence-corrected chi connectivity index (χ3v) is 6.30. The Morgan fingerprint density at radius 3 is 2.67 bits per heavy atom. The maximum atomic E-state index is 14.9. The number of H-pyrrole nitrogens is 1. The number of pyridine rings is 1. The number of carbonyl (C=O) groups excluding carboxylic acids is 1. The summed E-state index contributed by atoms with van der Waals surface area (Å²) in [6.45, 7) is 0.547. The number of carbonyl (C=O) groups is 1. The van der Waals surface area contributed by atoms with Gasteiger partial charge in [0.05, 0.1) is 35.5 Å². The van der Waals surface area contributed by atoms with Crippen molar-refractivity contribution in [3.8, 4) is 22.5 Å². The van der Waals surface area contributed by atoms with Crippen LogP contribution in [0.4, 0.5) is 18.9 Å². The predicted octanol–water partition coefficient (Wildman–Crippen LogP) is 3.39. The van der Waals surface area contributed by atoms with Crippen molar-refractivity contribution in [3.63, 3.8) is 0 Å². The van der Waals surface area contributed by atoms with Gasteiger partial charge in [0.15, 0.2) is 0 Å². The summed E-state index contributed by atoms with van der Waals surface area (Å²) in [6, 6.07) is 4.88. The highest BCUT2D eigenvalue weighted by Gasteiger charge is 2.30. The number of nitrogens with zero attached hydrogens (tertiary/aromatic N) is 3. The van der Waals surface area contributed by atoms with Crippen molar-refractivity contribution in [2.24, 2.45) is 5.73 Å². The first-order valence-electron chi connectivity index (χ1n) is 11.2. The first-order valence-corrected chi connectivity index (χ1v) is 11.2. The zero-order valence-electron chi connectivity index (χ0n) is 19.1. The Hall–Kier alpha value is -3.96. The van der Waals surface area contributed by atoms with Crippen LogP contribution in [-0.4, -0.2) is 58.4 Å². The number of rotatable bonds is 4. The largest absolute Gasteiger partial charge is 0.465 e. The van der Waals surface area contributed by atoms with E-state index in [1.807, 2.05) is 0 Å². The molecule has 4 aromatic rings. The molecule has 2 aromatic carbocycles. The van der Waals surface area contributed by atoms with Gasteiger partial charge in [0.1, 0.15) is 28.8 Å². The number of hydrogen-bond donors (Lipinski definition) is 3. The molecule has 0 spiro atoms. The Bertz CT molecular complexity index is 1480. The number of aliphatic hydroxyl groups is 1. The fraction of sp³-hybridized carbons (Fsp3) is 0.240. The third kappa shape index (κ3) is 4.16. The minimum Gasteiger partial charge on any atom is -0.465 e. The van der Waals surface area contributed by atoms with E-state index in [9.17, 15) is 23.1 Å². The van der Waals surface area contributed by atoms with Crippen LogP contribution >= 0.6 is 0 Å². The first kappa shape index (κ1) is 23.8. The molecule has 4 N–H and O–H groups in total. The molecule has 2 atom stereocenters. The van der Waals surface area contributed by atoms with Crippen LogP contribution in [0, 0.1) is 17.5 Å². The molecule has 8 nitrogen and oxygen atoms in total. The number of hydrogen-bond acceptors (Lipinski definition) is 7. The lowest BCUT2D eigenvalue weighted by Crippen LogP contribution is -2.50. The van der Waals surface area contributed by atoms with Gasteiger partial charge < -0.3 is 25.5 Å². The van der Waals surface area contributed by atoms with Crippen molar-refractivity contribution in [1.82, 2.24) is 15.0 Å². The van der Waals surface area contributed by atoms with E-state index in [2.05, 4.69) is 15.0 Å². The summed E-state index contributed by atoms with van der Waals surface area (Å²) in [5.41, 5.74) is 7.38. The minimum atomic E-state index is -0.860. The second-order valence-electron chi connectivity index (χ2n) is 8.60. The number of ether oxygens (including phenoxy) is 1. The number of aromatic amines is 1. The predicted molar refractivity (Wildman–Crippen MR) is 127 cm³/mol. The molecule has 0 radical (unpaired) electrons. The quantitative estimate of drug-likeness (QED) is 0.370. The van der Waals surface area contributed by atoms with Crippen LogP contribution in [0.2, 0.25) is 0 Å². The SMILES string of the molecule is COC(=O)c1cc(F)cc2[nH]c(-c3cncc(-c4cc(F)ccc4F)c3N3CC[C@@H](N)[C@@H](O)C3)nc12. The molecule has 1 saturated heterocycles. The van der Waals surface area contributed by atoms with Crippen LogP contribution in [0.3, 0.4) is 0 Å². The number of β-amino-alcohol motifs (C(OH)–C–C–N with tert-alkyl or cyclic N) is 1. The van der Waals surface area contributed by atoms with Gasteiger partial charge in [-0.15, -0.1) is 0 Å². The molecule has 0 amide bonds. The number of methoxy groups -OCH3 is 1. The number of aromatic nitrogens is 3. The lowest BCUT2D eigenvalue weighted by molar-refractivity contribution is 0.0602. The highest BCUT2D eigenvalue weighted by atomic mass is 19.1. The molecule has 0 unspecified atom stereocenters. The van der Waals surface area contributed by atoms with Crippen molar-refractivity contribution in [2.45, 2.75) is 18.6 Å². The molecule has 1 aliphatic rings. The van der Waals surface area contributed by atoms with Crippen LogP contribution in [0.25, 0.3) is 33.5 Å². The van der Waals surface area contributed by atoms with Gasteiger partial charge in [-0.05, 0) is 36.8 Å². The Morgan fingerprint density at radius 2 is 1.92 bits per heavy atom. The van der Waals surface area contributed by atoms with Crippen molar-refractivity contribution in [1.29, 1.82) is 0 Å². The van der Waals surface area contributed by atoms with Crippen LogP contribution in [0.15, 0.2) is 42.7 Å². The molecule has 36 heavy (non-hydrogen) atoms. The van der Waals surface area contributed by atoms with Crippen LogP contribution in [0.1, 0.15) is 16.8 Å². The van der Waals surface area contributed by atoms with Crippen molar-refractivity contribution < 1.29 is 27.8 Å². The van der Waals surface area contributed by atoms with E-state index < -0.39 is 35.6 Å². The molecule has 186 valence electrons. The van der Waals surface area contributed by atoms with Crippen LogP contribution in [0.5, 0.6) is 0 Å². The maximum absolute atomic E-state index is 14.9. The number of imidazole rings is 1. The number of esters is 1. The van der Waals surface area contributed by atoms with Gasteiger partial charge in [-0.3, -0.25) is 4.98 Å². The fourth-order valence-electron chi connectivity index (χ4n) is 4.50. The number of benzene rings is 2. The Kier molecular flexibility index (Phi) is 6.10. The molecule has 3 heterocycles. The number of nitrogens with one attached hydrogen (secondary N) is 1. The topological polar surface area (TPSA) is 117 Å². The standard InChI is InChI=1S/C25H22F3N5O3/c1-36-25(35)15-7-13(27)8-20-22(15)32-24(31-20)17-10-30-9-16(14-6-12(26)2-3-18(14)28)23(17)33-5-4-19(29)21(34)11-33/h2-3,6-10,19,21,34H,4-5,11,29H2,1H3,(H,31,32)/t19-,21+/m1/s1. The van der Waals surface area contributed by atoms with Gasteiger partial charge in [0, 0.05) is 42.7 Å². The smallest absolute Gasteiger partial charge is 0.340 e. The summed E-state index contributed by atoms with van der Waals surface area (Å²) < 4.78 is 48.0. The summed E-state index contributed by atoms with van der Waals surface area (Å²) >= 11 is 0. The second-order valence-corrected chi connectivity index (χ2v) is 8.60. The van der Waals surface area contributed by atoms with Crippen molar-refractivity contribution in [2.75, 3.05) is 25.1 Å². The van der Waals surface area contributed by atoms with Gasteiger partial charge in [-0.1, -0.05) is 0 Å². The van der Waals surface area contributed by atoms with Gasteiger partial charge in [-0.2, -0.15) is 0 Å². The molecule has 0 aliphatic carbocycles. The fourth-order valence-corrected chi connectivity index (χ4v) is 4.50. The highest BCUT2D eigenvalue weighted by molar-refractivity contribution is 6.03. The molecule has 0 saturated carbocycles. The molecule has 1 fully saturated rings. The normalized spacial score (nSPS) is 18.0. The van der Waals surface area contributed by atoms with Gasteiger partial charge in [-0.25, -0.2) is 22.9 Å². The number of fused-ring (bicyclic) bond motifs is 1. The van der Waals surface area contributed by atoms with Gasteiger partial charge in [0.25, 0.3) is 0 Å². The van der Waals surface area contributed by atoms with Gasteiger partial charge >= 0.3 is 5.97 Å². The highest BCUT2D eigenvalue weighted by Crippen LogP contribution is 2.41. The molecule has 0 bridgehead atoms. The second kappa shape index (κ2) is 9.25. The van der Waals surface area contributed by atoms with Crippen LogP contribution < -0.4 is 10.6 Å². The molecule has 1 aliphatic heterocycles. The Balaban J connectivity index is 1.75. The van der Waals surface area contributed by atoms with E-state index in [1.54, 1.807) is 4.90 Å². The van der Waals surface area contributed by atoms with E-state index in [-0.39, 0.29) is 40.1 Å². The number of anilines is 1. The monoisotopic (exact) mass is 497 g/mol. The van der Waals surface area contributed by atoms with Gasteiger partial charge in [0.2, 0.25) is 0 Å². The number of aliphatic hydroxyl groups excluding tert-OH is 1. The van der Waals surface area contributed by atoms with E-state index >= 15 is 0 Å². The summed E-state index contributed by atoms with van der Waals surface area (Å²) in [7, 11) is 1.18. The average molecular weight is 497 g/mol.